The molecule has 8 heteroatoms. The lowest BCUT2D eigenvalue weighted by Crippen LogP contribution is -2.04. The molecule has 0 aliphatic heterocycles. The number of thioether (sulfide) groups is 1. The largest absolute Gasteiger partial charge is 0.463 e. The summed E-state index contributed by atoms with van der Waals surface area (Å²) >= 11 is 1.44. The van der Waals surface area contributed by atoms with Crippen LogP contribution in [0.1, 0.15) is 21.9 Å². The number of furan rings is 1. The molecule has 0 atom stereocenters. The Morgan fingerprint density at radius 3 is 2.57 bits per heavy atom. The Balaban J connectivity index is 1.61. The van der Waals surface area contributed by atoms with Crippen LogP contribution in [0, 0.1) is 5.82 Å². The van der Waals surface area contributed by atoms with Gasteiger partial charge < -0.3 is 9.15 Å². The molecule has 0 radical (unpaired) electrons. The average Bonchev–Trinajstić information content (AvgIpc) is 3.40. The van der Waals surface area contributed by atoms with E-state index in [1.54, 1.807) is 24.3 Å². The number of carbonyl (C=O) groups is 1. The highest BCUT2D eigenvalue weighted by molar-refractivity contribution is 7.98. The number of aromatic nitrogens is 3. The third-order valence-electron chi connectivity index (χ3n) is 4.39. The number of nitrogens with zero attached hydrogens (tertiary/aromatic N) is 3. The van der Waals surface area contributed by atoms with Gasteiger partial charge in [0.25, 0.3) is 0 Å². The average molecular weight is 423 g/mol. The molecule has 4 rings (SSSR count). The molecule has 0 saturated heterocycles. The van der Waals surface area contributed by atoms with Crippen LogP contribution >= 0.6 is 11.8 Å². The minimum absolute atomic E-state index is 0.158. The predicted octanol–water partition coefficient (Wildman–Crippen LogP) is 4.80. The first-order valence-electron chi connectivity index (χ1n) is 9.17. The van der Waals surface area contributed by atoms with Gasteiger partial charge in [-0.05, 0) is 42.0 Å². The zero-order chi connectivity index (χ0) is 20.9. The Hall–Kier alpha value is -3.39. The molecule has 0 unspecified atom stereocenters. The number of carbonyl (C=O) groups excluding carboxylic acids is 1. The van der Waals surface area contributed by atoms with Crippen molar-refractivity contribution in [2.45, 2.75) is 17.5 Å². The summed E-state index contributed by atoms with van der Waals surface area (Å²) in [5, 5.41) is 9.36. The van der Waals surface area contributed by atoms with E-state index < -0.39 is 5.97 Å². The lowest BCUT2D eigenvalue weighted by molar-refractivity contribution is 0.0563. The summed E-state index contributed by atoms with van der Waals surface area (Å²) in [6.45, 7) is 0.564. The first kappa shape index (κ1) is 19.9. The van der Waals surface area contributed by atoms with Crippen molar-refractivity contribution >= 4 is 17.7 Å². The summed E-state index contributed by atoms with van der Waals surface area (Å²) in [5.41, 5.74) is 1.87. The molecule has 4 aromatic rings. The van der Waals surface area contributed by atoms with Crippen molar-refractivity contribution in [1.29, 1.82) is 0 Å². The van der Waals surface area contributed by atoms with Gasteiger partial charge in [-0.25, -0.2) is 9.18 Å². The van der Waals surface area contributed by atoms with Gasteiger partial charge in [0.15, 0.2) is 11.0 Å². The van der Waals surface area contributed by atoms with Crippen molar-refractivity contribution in [2.75, 3.05) is 7.11 Å². The Morgan fingerprint density at radius 2 is 1.83 bits per heavy atom. The standard InChI is InChI=1S/C22H18FN3O3S/c1-28-21(27)19-12-11-18(29-19)14-30-22-25-24-20(16-7-9-17(23)10-8-16)26(22)13-15-5-3-2-4-6-15/h2-12H,13-14H2,1H3. The first-order valence-corrected chi connectivity index (χ1v) is 10.2. The Kier molecular flexibility index (Phi) is 5.94. The number of halogens is 1. The van der Waals surface area contributed by atoms with Gasteiger partial charge >= 0.3 is 5.97 Å². The number of ether oxygens (including phenoxy) is 1. The molecule has 0 N–H and O–H groups in total. The molecular weight excluding hydrogens is 405 g/mol. The normalized spacial score (nSPS) is 10.9. The van der Waals surface area contributed by atoms with Crippen LogP contribution < -0.4 is 0 Å². The van der Waals surface area contributed by atoms with Gasteiger partial charge in [0, 0.05) is 5.56 Å². The second-order valence-electron chi connectivity index (χ2n) is 6.43. The molecule has 0 fully saturated rings. The summed E-state index contributed by atoms with van der Waals surface area (Å²) in [5.74, 6) is 1.08. The smallest absolute Gasteiger partial charge is 0.373 e. The lowest BCUT2D eigenvalue weighted by atomic mass is 10.2. The van der Waals surface area contributed by atoms with Crippen molar-refractivity contribution in [3.8, 4) is 11.4 Å². The molecule has 30 heavy (non-hydrogen) atoms. The Labute approximate surface area is 176 Å². The monoisotopic (exact) mass is 423 g/mol. The number of esters is 1. The van der Waals surface area contributed by atoms with E-state index in [1.165, 1.54) is 31.0 Å². The van der Waals surface area contributed by atoms with Crippen molar-refractivity contribution in [3.63, 3.8) is 0 Å². The van der Waals surface area contributed by atoms with E-state index in [0.717, 1.165) is 11.1 Å². The highest BCUT2D eigenvalue weighted by Crippen LogP contribution is 2.28. The molecule has 0 saturated carbocycles. The van der Waals surface area contributed by atoms with E-state index in [4.69, 9.17) is 4.42 Å². The van der Waals surface area contributed by atoms with E-state index in [-0.39, 0.29) is 11.6 Å². The van der Waals surface area contributed by atoms with Crippen LogP contribution in [0.25, 0.3) is 11.4 Å². The third-order valence-corrected chi connectivity index (χ3v) is 5.38. The quantitative estimate of drug-likeness (QED) is 0.314. The maximum absolute atomic E-state index is 13.4. The number of hydrogen-bond donors (Lipinski definition) is 0. The van der Waals surface area contributed by atoms with Crippen LogP contribution in [0.3, 0.4) is 0 Å². The molecule has 152 valence electrons. The highest BCUT2D eigenvalue weighted by Gasteiger charge is 2.17. The zero-order valence-corrected chi connectivity index (χ0v) is 16.9. The summed E-state index contributed by atoms with van der Waals surface area (Å²) < 4.78 is 25.5. The molecule has 0 bridgehead atoms. The molecule has 0 amide bonds. The second kappa shape index (κ2) is 8.96. The van der Waals surface area contributed by atoms with E-state index in [1.807, 2.05) is 34.9 Å². The SMILES string of the molecule is COC(=O)c1ccc(CSc2nnc(-c3ccc(F)cc3)n2Cc2ccccc2)o1. The van der Waals surface area contributed by atoms with Gasteiger partial charge in [0.1, 0.15) is 11.6 Å². The zero-order valence-electron chi connectivity index (χ0n) is 16.1. The molecule has 0 spiro atoms. The number of hydrogen-bond acceptors (Lipinski definition) is 6. The van der Waals surface area contributed by atoms with Gasteiger partial charge in [-0.15, -0.1) is 10.2 Å². The van der Waals surface area contributed by atoms with Gasteiger partial charge in [-0.2, -0.15) is 0 Å². The van der Waals surface area contributed by atoms with Crippen LogP contribution in [0.5, 0.6) is 0 Å². The fraction of sp³-hybridized carbons (Fsp3) is 0.136. The lowest BCUT2D eigenvalue weighted by Gasteiger charge is -2.10. The summed E-state index contributed by atoms with van der Waals surface area (Å²) in [7, 11) is 1.31. The van der Waals surface area contributed by atoms with Crippen LogP contribution in [-0.4, -0.2) is 27.8 Å². The maximum Gasteiger partial charge on any atom is 0.373 e. The van der Waals surface area contributed by atoms with E-state index in [9.17, 15) is 9.18 Å². The predicted molar refractivity (Wildman–Crippen MR) is 111 cm³/mol. The highest BCUT2D eigenvalue weighted by atomic mass is 32.2. The minimum Gasteiger partial charge on any atom is -0.463 e. The summed E-state index contributed by atoms with van der Waals surface area (Å²) in [4.78, 5) is 11.6. The van der Waals surface area contributed by atoms with Crippen molar-refractivity contribution < 1.29 is 18.3 Å². The van der Waals surface area contributed by atoms with Gasteiger partial charge in [-0.3, -0.25) is 4.57 Å². The molecule has 2 aromatic heterocycles. The Bertz CT molecular complexity index is 1140. The summed E-state index contributed by atoms with van der Waals surface area (Å²) in [6.07, 6.45) is 0. The second-order valence-corrected chi connectivity index (χ2v) is 7.37. The van der Waals surface area contributed by atoms with E-state index >= 15 is 0 Å². The fourth-order valence-electron chi connectivity index (χ4n) is 2.92. The number of methoxy groups -OCH3 is 1. The van der Waals surface area contributed by atoms with Gasteiger partial charge in [0.05, 0.1) is 19.4 Å². The van der Waals surface area contributed by atoms with Crippen molar-refractivity contribution in [3.05, 3.63) is 89.6 Å². The van der Waals surface area contributed by atoms with Crippen LogP contribution in [0.15, 0.2) is 76.3 Å². The van der Waals surface area contributed by atoms with Crippen molar-refractivity contribution in [1.82, 2.24) is 14.8 Å². The minimum atomic E-state index is -0.517. The Morgan fingerprint density at radius 1 is 1.07 bits per heavy atom. The molecular formula is C22H18FN3O3S. The fourth-order valence-corrected chi connectivity index (χ4v) is 3.75. The van der Waals surface area contributed by atoms with Crippen LogP contribution in [-0.2, 0) is 17.0 Å². The first-order chi connectivity index (χ1) is 14.6. The molecule has 0 aliphatic carbocycles. The molecule has 2 heterocycles. The molecule has 2 aromatic carbocycles. The summed E-state index contributed by atoms with van der Waals surface area (Å²) in [6, 6.07) is 19.5. The molecule has 0 aliphatic rings. The van der Waals surface area contributed by atoms with Crippen LogP contribution in [0.2, 0.25) is 0 Å². The van der Waals surface area contributed by atoms with Gasteiger partial charge in [0.2, 0.25) is 5.76 Å². The van der Waals surface area contributed by atoms with Crippen molar-refractivity contribution in [2.24, 2.45) is 0 Å². The number of rotatable bonds is 7. The maximum atomic E-state index is 13.4. The number of benzene rings is 2. The van der Waals surface area contributed by atoms with Gasteiger partial charge in [-0.1, -0.05) is 42.1 Å². The third kappa shape index (κ3) is 4.44. The van der Waals surface area contributed by atoms with Crippen LogP contribution in [0.4, 0.5) is 4.39 Å². The van der Waals surface area contributed by atoms with E-state index in [0.29, 0.717) is 29.0 Å². The topological polar surface area (TPSA) is 70.2 Å². The molecule has 6 nitrogen and oxygen atoms in total. The van der Waals surface area contributed by atoms with E-state index in [2.05, 4.69) is 14.9 Å².